The van der Waals surface area contributed by atoms with E-state index in [9.17, 15) is 0 Å². The minimum Gasteiger partial charge on any atom is -0.338 e. The van der Waals surface area contributed by atoms with Gasteiger partial charge in [0.05, 0.1) is 0 Å². The fourth-order valence-electron chi connectivity index (χ4n) is 2.26. The zero-order valence-corrected chi connectivity index (χ0v) is 10.5. The third kappa shape index (κ3) is 2.64. The highest BCUT2D eigenvalue weighted by Gasteiger charge is 2.23. The molecule has 0 bridgehead atoms. The number of hydrogen-bond donors (Lipinski definition) is 0. The van der Waals surface area contributed by atoms with E-state index in [0.29, 0.717) is 11.9 Å². The molecule has 16 heavy (non-hydrogen) atoms. The van der Waals surface area contributed by atoms with Gasteiger partial charge in [0, 0.05) is 30.4 Å². The van der Waals surface area contributed by atoms with E-state index in [1.165, 1.54) is 19.3 Å². The van der Waals surface area contributed by atoms with E-state index < -0.39 is 0 Å². The van der Waals surface area contributed by atoms with Crippen LogP contribution in [0, 0.1) is 6.92 Å². The highest BCUT2D eigenvalue weighted by molar-refractivity contribution is 6.17. The van der Waals surface area contributed by atoms with Crippen molar-refractivity contribution in [3.05, 3.63) is 18.0 Å². The van der Waals surface area contributed by atoms with Crippen molar-refractivity contribution < 1.29 is 0 Å². The molecule has 0 N–H and O–H groups in total. The minimum atomic E-state index is 0.521. The van der Waals surface area contributed by atoms with E-state index in [1.807, 2.05) is 19.2 Å². The fourth-order valence-corrected chi connectivity index (χ4v) is 2.52. The van der Waals surface area contributed by atoms with Crippen LogP contribution in [-0.2, 0) is 0 Å². The first kappa shape index (κ1) is 11.6. The molecule has 88 valence electrons. The summed E-state index contributed by atoms with van der Waals surface area (Å²) in [6, 6.07) is 2.46. The van der Waals surface area contributed by atoms with E-state index in [2.05, 4.69) is 14.9 Å². The fraction of sp³-hybridized carbons (Fsp3) is 0.667. The summed E-state index contributed by atoms with van der Waals surface area (Å²) >= 11 is 5.85. The molecule has 3 nitrogen and oxygen atoms in total. The van der Waals surface area contributed by atoms with Crippen molar-refractivity contribution in [1.82, 2.24) is 9.97 Å². The van der Waals surface area contributed by atoms with Crippen LogP contribution in [0.4, 0.5) is 5.95 Å². The van der Waals surface area contributed by atoms with Gasteiger partial charge in [0.1, 0.15) is 0 Å². The number of alkyl halides is 1. The first-order valence-electron chi connectivity index (χ1n) is 5.93. The molecule has 4 heteroatoms. The van der Waals surface area contributed by atoms with Gasteiger partial charge < -0.3 is 4.90 Å². The van der Waals surface area contributed by atoms with E-state index >= 15 is 0 Å². The molecule has 1 aliphatic heterocycles. The summed E-state index contributed by atoms with van der Waals surface area (Å²) in [5, 5.41) is 0. The molecular weight excluding hydrogens is 222 g/mol. The van der Waals surface area contributed by atoms with Gasteiger partial charge in [-0.25, -0.2) is 9.97 Å². The monoisotopic (exact) mass is 239 g/mol. The smallest absolute Gasteiger partial charge is 0.225 e. The summed E-state index contributed by atoms with van der Waals surface area (Å²) in [4.78, 5) is 11.2. The normalized spacial score (nSPS) is 21.1. The number of halogens is 1. The van der Waals surface area contributed by atoms with Crippen LogP contribution in [-0.4, -0.2) is 28.4 Å². The SMILES string of the molecule is Cc1ccnc(N2CCCCC2CCCl)n1. The third-order valence-electron chi connectivity index (χ3n) is 3.11. The maximum absolute atomic E-state index is 5.85. The Labute approximate surface area is 102 Å². The highest BCUT2D eigenvalue weighted by Crippen LogP contribution is 2.23. The highest BCUT2D eigenvalue weighted by atomic mass is 35.5. The van der Waals surface area contributed by atoms with Gasteiger partial charge in [-0.1, -0.05) is 0 Å². The number of anilines is 1. The number of rotatable bonds is 3. The molecule has 2 rings (SSSR count). The summed E-state index contributed by atoms with van der Waals surface area (Å²) in [6.45, 7) is 3.07. The van der Waals surface area contributed by atoms with Crippen molar-refractivity contribution in [1.29, 1.82) is 0 Å². The van der Waals surface area contributed by atoms with Gasteiger partial charge in [0.2, 0.25) is 5.95 Å². The van der Waals surface area contributed by atoms with Crippen LogP contribution < -0.4 is 4.90 Å². The van der Waals surface area contributed by atoms with Gasteiger partial charge in [-0.2, -0.15) is 0 Å². The van der Waals surface area contributed by atoms with Crippen LogP contribution in [0.1, 0.15) is 31.4 Å². The maximum atomic E-state index is 5.85. The quantitative estimate of drug-likeness (QED) is 0.760. The van der Waals surface area contributed by atoms with Gasteiger partial charge in [0.25, 0.3) is 0 Å². The molecule has 0 aromatic carbocycles. The Hall–Kier alpha value is -0.830. The number of piperidine rings is 1. The van der Waals surface area contributed by atoms with Crippen LogP contribution in [0.3, 0.4) is 0 Å². The minimum absolute atomic E-state index is 0.521. The number of hydrogen-bond acceptors (Lipinski definition) is 3. The molecule has 1 fully saturated rings. The zero-order valence-electron chi connectivity index (χ0n) is 9.69. The molecule has 0 spiro atoms. The second-order valence-electron chi connectivity index (χ2n) is 4.32. The van der Waals surface area contributed by atoms with Crippen LogP contribution in [0.25, 0.3) is 0 Å². The lowest BCUT2D eigenvalue weighted by Gasteiger charge is -2.35. The lowest BCUT2D eigenvalue weighted by molar-refractivity contribution is 0.444. The van der Waals surface area contributed by atoms with Gasteiger partial charge in [-0.3, -0.25) is 0 Å². The third-order valence-corrected chi connectivity index (χ3v) is 3.33. The first-order chi connectivity index (χ1) is 7.81. The van der Waals surface area contributed by atoms with Crippen molar-refractivity contribution in [2.24, 2.45) is 0 Å². The van der Waals surface area contributed by atoms with Crippen LogP contribution >= 0.6 is 11.6 Å². The van der Waals surface area contributed by atoms with Crippen molar-refractivity contribution in [3.63, 3.8) is 0 Å². The molecule has 1 atom stereocenters. The maximum Gasteiger partial charge on any atom is 0.225 e. The lowest BCUT2D eigenvalue weighted by Crippen LogP contribution is -2.41. The van der Waals surface area contributed by atoms with Gasteiger partial charge in [-0.15, -0.1) is 11.6 Å². The molecule has 1 saturated heterocycles. The van der Waals surface area contributed by atoms with E-state index in [-0.39, 0.29) is 0 Å². The van der Waals surface area contributed by atoms with E-state index in [1.54, 1.807) is 0 Å². The van der Waals surface area contributed by atoms with Crippen molar-refractivity contribution in [3.8, 4) is 0 Å². The topological polar surface area (TPSA) is 29.0 Å². The first-order valence-corrected chi connectivity index (χ1v) is 6.47. The largest absolute Gasteiger partial charge is 0.338 e. The molecule has 0 aliphatic carbocycles. The molecule has 0 amide bonds. The Morgan fingerprint density at radius 1 is 1.50 bits per heavy atom. The summed E-state index contributed by atoms with van der Waals surface area (Å²) < 4.78 is 0. The molecular formula is C12H18ClN3. The molecule has 1 unspecified atom stereocenters. The Bertz CT molecular complexity index is 341. The number of nitrogens with zero attached hydrogens (tertiary/aromatic N) is 3. The Balaban J connectivity index is 2.16. The predicted octanol–water partition coefficient (Wildman–Crippen LogP) is 2.77. The van der Waals surface area contributed by atoms with E-state index in [0.717, 1.165) is 24.6 Å². The number of aromatic nitrogens is 2. The van der Waals surface area contributed by atoms with Crippen molar-refractivity contribution in [2.45, 2.75) is 38.6 Å². The number of aryl methyl sites for hydroxylation is 1. The molecule has 1 aromatic rings. The summed E-state index contributed by atoms with van der Waals surface area (Å²) in [7, 11) is 0. The van der Waals surface area contributed by atoms with Crippen LogP contribution in [0.2, 0.25) is 0 Å². The summed E-state index contributed by atoms with van der Waals surface area (Å²) in [6.07, 6.45) is 6.60. The van der Waals surface area contributed by atoms with Gasteiger partial charge in [0.15, 0.2) is 0 Å². The average Bonchev–Trinajstić information content (AvgIpc) is 2.30. The molecule has 1 aromatic heterocycles. The molecule has 0 saturated carbocycles. The summed E-state index contributed by atoms with van der Waals surface area (Å²) in [5.74, 6) is 1.59. The van der Waals surface area contributed by atoms with E-state index in [4.69, 9.17) is 11.6 Å². The van der Waals surface area contributed by atoms with Crippen LogP contribution in [0.5, 0.6) is 0 Å². The summed E-state index contributed by atoms with van der Waals surface area (Å²) in [5.41, 5.74) is 1.03. The molecule has 0 radical (unpaired) electrons. The average molecular weight is 240 g/mol. The van der Waals surface area contributed by atoms with Crippen molar-refractivity contribution in [2.75, 3.05) is 17.3 Å². The second kappa shape index (κ2) is 5.48. The Morgan fingerprint density at radius 2 is 2.38 bits per heavy atom. The zero-order chi connectivity index (χ0) is 11.4. The Kier molecular flexibility index (Phi) is 3.99. The van der Waals surface area contributed by atoms with Crippen LogP contribution in [0.15, 0.2) is 12.3 Å². The second-order valence-corrected chi connectivity index (χ2v) is 4.70. The Morgan fingerprint density at radius 3 is 3.12 bits per heavy atom. The lowest BCUT2D eigenvalue weighted by atomic mass is 10.0. The standard InChI is InChI=1S/C12H18ClN3/c1-10-6-8-14-12(15-10)16-9-3-2-4-11(16)5-7-13/h6,8,11H,2-5,7,9H2,1H3. The molecule has 1 aliphatic rings. The molecule has 2 heterocycles. The van der Waals surface area contributed by atoms with Gasteiger partial charge in [-0.05, 0) is 38.7 Å². The van der Waals surface area contributed by atoms with Crippen molar-refractivity contribution >= 4 is 17.5 Å². The van der Waals surface area contributed by atoms with Gasteiger partial charge >= 0.3 is 0 Å². The predicted molar refractivity (Wildman–Crippen MR) is 67.1 cm³/mol.